The molecule has 0 aromatic heterocycles. The van der Waals surface area contributed by atoms with Crippen molar-refractivity contribution < 1.29 is 26.2 Å². The van der Waals surface area contributed by atoms with Gasteiger partial charge in [0.2, 0.25) is 0 Å². The van der Waals surface area contributed by atoms with Crippen LogP contribution in [0, 0.1) is 52.0 Å². The van der Waals surface area contributed by atoms with Crippen LogP contribution in [-0.4, -0.2) is 0 Å². The number of hydrogen-bond acceptors (Lipinski definition) is 0. The molecule has 4 aromatic carbocycles. The van der Waals surface area contributed by atoms with Gasteiger partial charge in [-0.25, -0.2) is 0 Å². The first-order chi connectivity index (χ1) is 13.6. The molecule has 0 aliphatic heterocycles. The van der Waals surface area contributed by atoms with Crippen molar-refractivity contribution in [2.45, 2.75) is 27.7 Å². The number of benzene rings is 4. The van der Waals surface area contributed by atoms with Crippen molar-refractivity contribution in [3.63, 3.8) is 0 Å². The maximum absolute atomic E-state index is 2.93. The number of aryl methyl sites for hydroxylation is 4. The number of hydrogen-bond donors (Lipinski definition) is 0. The van der Waals surface area contributed by atoms with Crippen molar-refractivity contribution in [3.05, 3.63) is 144 Å². The zero-order valence-corrected chi connectivity index (χ0v) is 20.2. The van der Waals surface area contributed by atoms with Gasteiger partial charge in [0.15, 0.2) is 0 Å². The van der Waals surface area contributed by atoms with E-state index in [2.05, 4.69) is 52.0 Å². The van der Waals surface area contributed by atoms with Crippen molar-refractivity contribution in [1.82, 2.24) is 0 Å². The second kappa shape index (κ2) is 17.8. The fourth-order valence-corrected chi connectivity index (χ4v) is 1.88. The molecule has 1 heteroatoms. The summed E-state index contributed by atoms with van der Waals surface area (Å²) in [6, 6.07) is 43.3. The van der Waals surface area contributed by atoms with Crippen molar-refractivity contribution in [3.8, 4) is 0 Å². The van der Waals surface area contributed by atoms with E-state index in [0.29, 0.717) is 0 Å². The molecular formula is C28H28Zr. The Labute approximate surface area is 196 Å². The Bertz CT molecular complexity index is 676. The van der Waals surface area contributed by atoms with E-state index < -0.39 is 0 Å². The van der Waals surface area contributed by atoms with Crippen molar-refractivity contribution in [2.75, 3.05) is 0 Å². The molecule has 0 heterocycles. The molecule has 0 saturated heterocycles. The maximum Gasteiger partial charge on any atom is 4.00 e. The normalized spacial score (nSPS) is 8.41. The Morgan fingerprint density at radius 2 is 0.483 bits per heavy atom. The van der Waals surface area contributed by atoms with Crippen LogP contribution < -0.4 is 0 Å². The third-order valence-electron chi connectivity index (χ3n) is 3.54. The average molecular weight is 456 g/mol. The van der Waals surface area contributed by atoms with Crippen LogP contribution in [0.1, 0.15) is 22.3 Å². The van der Waals surface area contributed by atoms with Crippen LogP contribution in [0.2, 0.25) is 0 Å². The Balaban J connectivity index is 0.000000356. The SMILES string of the molecule is Cc1cc[c-]cc1.Cc1cc[c-]cc1.Cc1cc[c-]cc1.Cc1cc[c-]cc1.[Zr+4]. The van der Waals surface area contributed by atoms with Crippen molar-refractivity contribution in [1.29, 1.82) is 0 Å². The molecule has 4 rings (SSSR count). The summed E-state index contributed by atoms with van der Waals surface area (Å²) in [7, 11) is 0. The van der Waals surface area contributed by atoms with Crippen LogP contribution in [0.3, 0.4) is 0 Å². The minimum Gasteiger partial charge on any atom is -0.184 e. The third-order valence-corrected chi connectivity index (χ3v) is 3.54. The molecule has 0 spiro atoms. The van der Waals surface area contributed by atoms with Gasteiger partial charge in [-0.05, 0) is 0 Å². The summed E-state index contributed by atoms with van der Waals surface area (Å²) >= 11 is 0. The predicted molar refractivity (Wildman–Crippen MR) is 120 cm³/mol. The monoisotopic (exact) mass is 454 g/mol. The summed E-state index contributed by atoms with van der Waals surface area (Å²) in [5.41, 5.74) is 5.16. The van der Waals surface area contributed by atoms with Crippen LogP contribution in [0.5, 0.6) is 0 Å². The van der Waals surface area contributed by atoms with Crippen LogP contribution >= 0.6 is 0 Å². The first-order valence-electron chi connectivity index (χ1n) is 9.29. The molecule has 0 amide bonds. The van der Waals surface area contributed by atoms with Gasteiger partial charge in [-0.15, -0.1) is 0 Å². The maximum atomic E-state index is 2.93. The molecule has 4 aromatic rings. The molecular weight excluding hydrogens is 428 g/mol. The molecule has 0 atom stereocenters. The van der Waals surface area contributed by atoms with E-state index in [0.717, 1.165) is 0 Å². The van der Waals surface area contributed by atoms with Gasteiger partial charge in [0, 0.05) is 0 Å². The van der Waals surface area contributed by atoms with Crippen LogP contribution in [0.15, 0.2) is 97.1 Å². The third kappa shape index (κ3) is 16.4. The van der Waals surface area contributed by atoms with E-state index >= 15 is 0 Å². The van der Waals surface area contributed by atoms with Gasteiger partial charge in [0.05, 0.1) is 0 Å². The Morgan fingerprint density at radius 3 is 0.552 bits per heavy atom. The zero-order valence-electron chi connectivity index (χ0n) is 17.7. The Hall–Kier alpha value is -2.24. The van der Waals surface area contributed by atoms with Gasteiger partial charge in [0.25, 0.3) is 0 Å². The molecule has 0 bridgehead atoms. The minimum atomic E-state index is 0. The smallest absolute Gasteiger partial charge is 0.184 e. The molecule has 0 nitrogen and oxygen atoms in total. The zero-order chi connectivity index (χ0) is 20.5. The van der Waals surface area contributed by atoms with Gasteiger partial charge in [0.1, 0.15) is 0 Å². The fourth-order valence-electron chi connectivity index (χ4n) is 1.88. The molecule has 29 heavy (non-hydrogen) atoms. The molecule has 0 radical (unpaired) electrons. The van der Waals surface area contributed by atoms with Gasteiger partial charge in [-0.1, -0.05) is 27.7 Å². The van der Waals surface area contributed by atoms with Crippen molar-refractivity contribution in [2.24, 2.45) is 0 Å². The van der Waals surface area contributed by atoms with Gasteiger partial charge in [-0.3, -0.25) is 0 Å². The van der Waals surface area contributed by atoms with E-state index in [1.165, 1.54) is 22.3 Å². The topological polar surface area (TPSA) is 0 Å². The summed E-state index contributed by atoms with van der Waals surface area (Å²) in [6.45, 7) is 8.25. The Morgan fingerprint density at radius 1 is 0.345 bits per heavy atom. The minimum absolute atomic E-state index is 0. The molecule has 0 saturated carbocycles. The second-order valence-electron chi connectivity index (χ2n) is 6.31. The summed E-state index contributed by atoms with van der Waals surface area (Å²) < 4.78 is 0. The van der Waals surface area contributed by atoms with E-state index in [4.69, 9.17) is 0 Å². The summed E-state index contributed by atoms with van der Waals surface area (Å²) in [5.74, 6) is 0. The molecule has 0 aliphatic carbocycles. The van der Waals surface area contributed by atoms with E-state index in [1.54, 1.807) is 0 Å². The average Bonchev–Trinajstić information content (AvgIpc) is 2.72. The Kier molecular flexibility index (Phi) is 16.5. The van der Waals surface area contributed by atoms with Gasteiger partial charge >= 0.3 is 26.2 Å². The van der Waals surface area contributed by atoms with Crippen molar-refractivity contribution >= 4 is 0 Å². The summed E-state index contributed by atoms with van der Waals surface area (Å²) in [6.07, 6.45) is 0. The molecule has 0 unspecified atom stereocenters. The fraction of sp³-hybridized carbons (Fsp3) is 0.143. The summed E-state index contributed by atoms with van der Waals surface area (Å²) in [5, 5.41) is 0. The van der Waals surface area contributed by atoms with Gasteiger partial charge < -0.3 is 0 Å². The quantitative estimate of drug-likeness (QED) is 0.246. The van der Waals surface area contributed by atoms with Crippen LogP contribution in [-0.2, 0) is 26.2 Å². The summed E-state index contributed by atoms with van der Waals surface area (Å²) in [4.78, 5) is 0. The largest absolute Gasteiger partial charge is 4.00 e. The van der Waals surface area contributed by atoms with E-state index in [-0.39, 0.29) is 26.2 Å². The standard InChI is InChI=1S/4C7H7.Zr/c4*1-7-5-3-2-4-6-7;/h4*3-6H,1H3;/q4*-1;+4. The van der Waals surface area contributed by atoms with Gasteiger partial charge in [-0.2, -0.15) is 144 Å². The first-order valence-corrected chi connectivity index (χ1v) is 9.29. The first kappa shape index (κ1) is 26.8. The van der Waals surface area contributed by atoms with Crippen LogP contribution in [0.4, 0.5) is 0 Å². The molecule has 0 N–H and O–H groups in total. The molecule has 144 valence electrons. The second-order valence-corrected chi connectivity index (χ2v) is 6.31. The molecule has 0 fully saturated rings. The molecule has 0 aliphatic rings. The van der Waals surface area contributed by atoms with E-state index in [1.807, 2.05) is 97.1 Å². The van der Waals surface area contributed by atoms with Crippen LogP contribution in [0.25, 0.3) is 0 Å². The number of rotatable bonds is 0. The predicted octanol–water partition coefficient (Wildman–Crippen LogP) is 7.18. The van der Waals surface area contributed by atoms with E-state index in [9.17, 15) is 0 Å².